The van der Waals surface area contributed by atoms with Crippen LogP contribution >= 0.6 is 0 Å². The van der Waals surface area contributed by atoms with Crippen molar-refractivity contribution >= 4 is 11.8 Å². The predicted octanol–water partition coefficient (Wildman–Crippen LogP) is 1.33. The molecule has 108 valence electrons. The molecule has 2 amide bonds. The molecule has 0 saturated carbocycles. The van der Waals surface area contributed by atoms with Crippen LogP contribution in [0, 0.1) is 0 Å². The third kappa shape index (κ3) is 4.76. The van der Waals surface area contributed by atoms with Crippen molar-refractivity contribution in [2.75, 3.05) is 0 Å². The van der Waals surface area contributed by atoms with Crippen LogP contribution in [0.15, 0.2) is 48.5 Å². The number of nitrogens with two attached hydrogens (primary N) is 2. The van der Waals surface area contributed by atoms with Crippen LogP contribution in [-0.4, -0.2) is 11.8 Å². The van der Waals surface area contributed by atoms with Crippen molar-refractivity contribution in [1.29, 1.82) is 0 Å². The molecule has 4 heteroatoms. The Kier molecular flexibility index (Phi) is 4.72. The maximum absolute atomic E-state index is 10.8. The van der Waals surface area contributed by atoms with Crippen LogP contribution in [0.1, 0.15) is 22.3 Å². The highest BCUT2D eigenvalue weighted by molar-refractivity contribution is 5.77. The summed E-state index contributed by atoms with van der Waals surface area (Å²) in [5, 5.41) is 0. The third-order valence-electron chi connectivity index (χ3n) is 3.21. The SMILES string of the molecule is NC(=O)Cc1ccc(Cc2ccc(CC(N)=O)cc2)cc1. The van der Waals surface area contributed by atoms with Crippen molar-refractivity contribution < 1.29 is 9.59 Å². The number of hydrogen-bond acceptors (Lipinski definition) is 2. The summed E-state index contributed by atoms with van der Waals surface area (Å²) in [6.45, 7) is 0. The summed E-state index contributed by atoms with van der Waals surface area (Å²) >= 11 is 0. The van der Waals surface area contributed by atoms with E-state index in [0.717, 1.165) is 28.7 Å². The lowest BCUT2D eigenvalue weighted by atomic mass is 10.0. The van der Waals surface area contributed by atoms with Gasteiger partial charge >= 0.3 is 0 Å². The van der Waals surface area contributed by atoms with Crippen LogP contribution in [0.25, 0.3) is 0 Å². The molecule has 0 aromatic heterocycles. The fourth-order valence-corrected chi connectivity index (χ4v) is 2.19. The van der Waals surface area contributed by atoms with Gasteiger partial charge in [0.1, 0.15) is 0 Å². The predicted molar refractivity (Wildman–Crippen MR) is 81.5 cm³/mol. The minimum atomic E-state index is -0.326. The first kappa shape index (κ1) is 14.8. The van der Waals surface area contributed by atoms with Crippen LogP contribution in [0.3, 0.4) is 0 Å². The van der Waals surface area contributed by atoms with Gasteiger partial charge in [0.2, 0.25) is 11.8 Å². The first-order valence-corrected chi connectivity index (χ1v) is 6.75. The monoisotopic (exact) mass is 282 g/mol. The molecule has 0 radical (unpaired) electrons. The molecular weight excluding hydrogens is 264 g/mol. The largest absolute Gasteiger partial charge is 0.369 e. The van der Waals surface area contributed by atoms with Crippen molar-refractivity contribution in [3.8, 4) is 0 Å². The van der Waals surface area contributed by atoms with E-state index in [1.54, 1.807) is 0 Å². The molecule has 2 aromatic carbocycles. The van der Waals surface area contributed by atoms with Crippen molar-refractivity contribution in [3.63, 3.8) is 0 Å². The number of primary amides is 2. The Morgan fingerprint density at radius 2 is 0.905 bits per heavy atom. The van der Waals surface area contributed by atoms with E-state index in [0.29, 0.717) is 0 Å². The molecule has 2 rings (SSSR count). The molecule has 0 atom stereocenters. The van der Waals surface area contributed by atoms with Gasteiger partial charge in [-0.15, -0.1) is 0 Å². The highest BCUT2D eigenvalue weighted by Crippen LogP contribution is 2.12. The zero-order valence-corrected chi connectivity index (χ0v) is 11.7. The van der Waals surface area contributed by atoms with Crippen molar-refractivity contribution in [2.24, 2.45) is 11.5 Å². The lowest BCUT2D eigenvalue weighted by Crippen LogP contribution is -2.13. The Hall–Kier alpha value is -2.62. The molecular formula is C17H18N2O2. The number of carbonyl (C=O) groups is 2. The lowest BCUT2D eigenvalue weighted by molar-refractivity contribution is -0.118. The molecule has 0 heterocycles. The van der Waals surface area contributed by atoms with Gasteiger partial charge in [0.15, 0.2) is 0 Å². The minimum Gasteiger partial charge on any atom is -0.369 e. The van der Waals surface area contributed by atoms with Gasteiger partial charge in [0.05, 0.1) is 12.8 Å². The van der Waals surface area contributed by atoms with Crippen molar-refractivity contribution in [3.05, 3.63) is 70.8 Å². The molecule has 2 aromatic rings. The smallest absolute Gasteiger partial charge is 0.221 e. The van der Waals surface area contributed by atoms with Gasteiger partial charge in [0, 0.05) is 0 Å². The molecule has 0 saturated heterocycles. The van der Waals surface area contributed by atoms with Gasteiger partial charge in [-0.1, -0.05) is 48.5 Å². The molecule has 4 N–H and O–H groups in total. The van der Waals surface area contributed by atoms with Crippen LogP contribution in [0.4, 0.5) is 0 Å². The molecule has 0 aliphatic rings. The summed E-state index contributed by atoms with van der Waals surface area (Å²) in [6.07, 6.45) is 1.33. The van der Waals surface area contributed by atoms with E-state index in [1.165, 1.54) is 0 Å². The van der Waals surface area contributed by atoms with Gasteiger partial charge in [-0.25, -0.2) is 0 Å². The molecule has 0 bridgehead atoms. The Morgan fingerprint density at radius 1 is 0.619 bits per heavy atom. The van der Waals surface area contributed by atoms with Gasteiger partial charge in [-0.2, -0.15) is 0 Å². The van der Waals surface area contributed by atoms with E-state index < -0.39 is 0 Å². The molecule has 0 unspecified atom stereocenters. The van der Waals surface area contributed by atoms with Crippen LogP contribution < -0.4 is 11.5 Å². The van der Waals surface area contributed by atoms with Gasteiger partial charge in [-0.05, 0) is 28.7 Å². The summed E-state index contributed by atoms with van der Waals surface area (Å²) in [5.41, 5.74) is 14.5. The maximum Gasteiger partial charge on any atom is 0.221 e. The average molecular weight is 282 g/mol. The van der Waals surface area contributed by atoms with Crippen LogP contribution in [-0.2, 0) is 28.9 Å². The van der Waals surface area contributed by atoms with E-state index in [1.807, 2.05) is 48.5 Å². The second kappa shape index (κ2) is 6.70. The highest BCUT2D eigenvalue weighted by Gasteiger charge is 2.02. The quantitative estimate of drug-likeness (QED) is 0.837. The molecule has 0 aliphatic carbocycles. The summed E-state index contributed by atoms with van der Waals surface area (Å²) < 4.78 is 0. The first-order chi connectivity index (χ1) is 10.0. The van der Waals surface area contributed by atoms with Crippen molar-refractivity contribution in [2.45, 2.75) is 19.3 Å². The molecule has 0 spiro atoms. The van der Waals surface area contributed by atoms with Crippen molar-refractivity contribution in [1.82, 2.24) is 0 Å². The van der Waals surface area contributed by atoms with Gasteiger partial charge < -0.3 is 11.5 Å². The maximum atomic E-state index is 10.8. The summed E-state index contributed by atoms with van der Waals surface area (Å²) in [6, 6.07) is 15.7. The van der Waals surface area contributed by atoms with E-state index in [9.17, 15) is 9.59 Å². The lowest BCUT2D eigenvalue weighted by Gasteiger charge is -2.05. The van der Waals surface area contributed by atoms with E-state index in [4.69, 9.17) is 11.5 Å². The average Bonchev–Trinajstić information content (AvgIpc) is 2.42. The normalized spacial score (nSPS) is 10.3. The molecule has 4 nitrogen and oxygen atoms in total. The fraction of sp³-hybridized carbons (Fsp3) is 0.176. The van der Waals surface area contributed by atoms with Crippen LogP contribution in [0.2, 0.25) is 0 Å². The second-order valence-electron chi connectivity index (χ2n) is 5.10. The number of amides is 2. The second-order valence-corrected chi connectivity index (χ2v) is 5.10. The molecule has 0 fully saturated rings. The summed E-state index contributed by atoms with van der Waals surface area (Å²) in [7, 11) is 0. The highest BCUT2D eigenvalue weighted by atomic mass is 16.1. The number of hydrogen-bond donors (Lipinski definition) is 2. The zero-order valence-electron chi connectivity index (χ0n) is 11.7. The molecule has 0 aliphatic heterocycles. The Balaban J connectivity index is 2.01. The Labute approximate surface area is 123 Å². The van der Waals surface area contributed by atoms with Crippen LogP contribution in [0.5, 0.6) is 0 Å². The third-order valence-corrected chi connectivity index (χ3v) is 3.21. The van der Waals surface area contributed by atoms with E-state index >= 15 is 0 Å². The Morgan fingerprint density at radius 3 is 1.19 bits per heavy atom. The molecule has 21 heavy (non-hydrogen) atoms. The summed E-state index contributed by atoms with van der Waals surface area (Å²) in [4.78, 5) is 21.7. The van der Waals surface area contributed by atoms with E-state index in [2.05, 4.69) is 0 Å². The first-order valence-electron chi connectivity index (χ1n) is 6.75. The topological polar surface area (TPSA) is 86.2 Å². The number of carbonyl (C=O) groups excluding carboxylic acids is 2. The summed E-state index contributed by atoms with van der Waals surface area (Å²) in [5.74, 6) is -0.652. The number of benzene rings is 2. The van der Waals surface area contributed by atoms with Gasteiger partial charge in [0.25, 0.3) is 0 Å². The Bertz CT molecular complexity index is 573. The van der Waals surface area contributed by atoms with E-state index in [-0.39, 0.29) is 24.7 Å². The van der Waals surface area contributed by atoms with Gasteiger partial charge in [-0.3, -0.25) is 9.59 Å². The minimum absolute atomic E-state index is 0.266. The number of rotatable bonds is 6. The fourth-order valence-electron chi connectivity index (χ4n) is 2.19. The zero-order chi connectivity index (χ0) is 15.2. The standard InChI is InChI=1S/C17H18N2O2/c18-16(20)10-14-5-1-12(2-6-14)9-13-3-7-15(8-4-13)11-17(19)21/h1-8H,9-11H2,(H2,18,20)(H2,19,21).